The van der Waals surface area contributed by atoms with E-state index in [9.17, 15) is 22.0 Å². The molecule has 1 amide bonds. The molecular formula is C18H19F2NO4S. The molecule has 2 aromatic rings. The average molecular weight is 383 g/mol. The Morgan fingerprint density at radius 1 is 1.08 bits per heavy atom. The number of anilines is 1. The second-order valence-electron chi connectivity index (χ2n) is 5.51. The minimum absolute atomic E-state index is 0.298. The number of carbonyl (C=O) groups excluding carboxylic acids is 1. The molecule has 1 N–H and O–H groups in total. The van der Waals surface area contributed by atoms with Crippen LogP contribution in [0.25, 0.3) is 0 Å². The molecule has 0 spiro atoms. The number of carbonyl (C=O) groups is 1. The van der Waals surface area contributed by atoms with Crippen LogP contribution in [-0.2, 0) is 9.84 Å². The molecule has 0 aliphatic heterocycles. The number of halogens is 2. The predicted molar refractivity (Wildman–Crippen MR) is 94.4 cm³/mol. The maximum Gasteiger partial charge on any atom is 0.341 e. The highest BCUT2D eigenvalue weighted by molar-refractivity contribution is 7.91. The molecule has 0 heterocycles. The highest BCUT2D eigenvalue weighted by Gasteiger charge is 2.26. The molecule has 0 atom stereocenters. The molecule has 0 saturated carbocycles. The molecule has 26 heavy (non-hydrogen) atoms. The van der Waals surface area contributed by atoms with E-state index in [1.54, 1.807) is 24.3 Å². The summed E-state index contributed by atoms with van der Waals surface area (Å²) >= 11 is 0. The Bertz CT molecular complexity index is 834. The third-order valence-electron chi connectivity index (χ3n) is 3.56. The molecule has 0 aromatic heterocycles. The van der Waals surface area contributed by atoms with Gasteiger partial charge >= 0.3 is 5.76 Å². The van der Waals surface area contributed by atoms with Crippen LogP contribution in [0.2, 0.25) is 0 Å². The third-order valence-corrected chi connectivity index (χ3v) is 4.96. The summed E-state index contributed by atoms with van der Waals surface area (Å²) in [6.07, 6.45) is 1.97. The van der Waals surface area contributed by atoms with Crippen LogP contribution < -0.4 is 10.1 Å². The van der Waals surface area contributed by atoms with Crippen molar-refractivity contribution in [3.8, 4) is 5.75 Å². The molecular weight excluding hydrogens is 364 g/mol. The molecule has 2 rings (SSSR count). The van der Waals surface area contributed by atoms with Crippen LogP contribution >= 0.6 is 0 Å². The van der Waals surface area contributed by atoms with Gasteiger partial charge in [0.2, 0.25) is 9.84 Å². The van der Waals surface area contributed by atoms with Gasteiger partial charge < -0.3 is 10.1 Å². The monoisotopic (exact) mass is 383 g/mol. The summed E-state index contributed by atoms with van der Waals surface area (Å²) in [6.45, 7) is 2.67. The van der Waals surface area contributed by atoms with Gasteiger partial charge in [-0.2, -0.15) is 8.78 Å². The topological polar surface area (TPSA) is 72.5 Å². The minimum atomic E-state index is -4.65. The van der Waals surface area contributed by atoms with E-state index in [0.29, 0.717) is 23.6 Å². The number of hydrogen-bond donors (Lipinski definition) is 1. The van der Waals surface area contributed by atoms with Gasteiger partial charge in [0.05, 0.1) is 11.5 Å². The van der Waals surface area contributed by atoms with Crippen molar-refractivity contribution in [2.24, 2.45) is 0 Å². The van der Waals surface area contributed by atoms with Crippen LogP contribution in [0.1, 0.15) is 30.1 Å². The molecule has 5 nitrogen and oxygen atoms in total. The molecule has 0 unspecified atom stereocenters. The number of alkyl halides is 2. The first kappa shape index (κ1) is 19.8. The number of unbranched alkanes of at least 4 members (excludes halogenated alkanes) is 1. The second-order valence-corrected chi connectivity index (χ2v) is 7.43. The minimum Gasteiger partial charge on any atom is -0.494 e. The van der Waals surface area contributed by atoms with Gasteiger partial charge in [-0.05, 0) is 55.0 Å². The zero-order valence-corrected chi connectivity index (χ0v) is 14.9. The van der Waals surface area contributed by atoms with Gasteiger partial charge in [0.15, 0.2) is 0 Å². The fourth-order valence-corrected chi connectivity index (χ4v) is 2.79. The lowest BCUT2D eigenvalue weighted by Gasteiger charge is -2.08. The molecule has 0 aliphatic carbocycles. The highest BCUT2D eigenvalue weighted by atomic mass is 32.2. The van der Waals surface area contributed by atoms with Gasteiger partial charge in [-0.3, -0.25) is 4.79 Å². The molecule has 0 aliphatic rings. The Balaban J connectivity index is 2.01. The summed E-state index contributed by atoms with van der Waals surface area (Å²) < 4.78 is 53.2. The van der Waals surface area contributed by atoms with Crippen molar-refractivity contribution in [1.29, 1.82) is 0 Å². The van der Waals surface area contributed by atoms with Gasteiger partial charge in [-0.15, -0.1) is 0 Å². The zero-order valence-electron chi connectivity index (χ0n) is 14.1. The summed E-state index contributed by atoms with van der Waals surface area (Å²) in [4.78, 5) is 11.7. The summed E-state index contributed by atoms with van der Waals surface area (Å²) in [5.74, 6) is -3.23. The SMILES string of the molecule is CCCCOc1ccc(C(=O)Nc2ccc(S(=O)(=O)C(F)F)cc2)cc1. The van der Waals surface area contributed by atoms with E-state index in [1.807, 2.05) is 0 Å². The van der Waals surface area contributed by atoms with Gasteiger partial charge in [-0.25, -0.2) is 8.42 Å². The van der Waals surface area contributed by atoms with Crippen LogP contribution in [-0.4, -0.2) is 26.7 Å². The lowest BCUT2D eigenvalue weighted by molar-refractivity contribution is 0.102. The van der Waals surface area contributed by atoms with E-state index < -0.39 is 26.4 Å². The molecule has 140 valence electrons. The predicted octanol–water partition coefficient (Wildman–Crippen LogP) is 4.11. The molecule has 0 fully saturated rings. The molecule has 8 heteroatoms. The number of rotatable bonds is 8. The summed E-state index contributed by atoms with van der Waals surface area (Å²) in [5, 5.41) is 2.58. The Labute approximate surface area is 150 Å². The van der Waals surface area contributed by atoms with E-state index >= 15 is 0 Å². The fraction of sp³-hybridized carbons (Fsp3) is 0.278. The zero-order chi connectivity index (χ0) is 19.2. The molecule has 0 saturated heterocycles. The summed E-state index contributed by atoms with van der Waals surface area (Å²) in [5.41, 5.74) is 0.684. The number of benzene rings is 2. The van der Waals surface area contributed by atoms with Gasteiger partial charge in [0.25, 0.3) is 5.91 Å². The van der Waals surface area contributed by atoms with Gasteiger partial charge in [-0.1, -0.05) is 13.3 Å². The van der Waals surface area contributed by atoms with E-state index in [-0.39, 0.29) is 0 Å². The van der Waals surface area contributed by atoms with Crippen molar-refractivity contribution < 1.29 is 26.7 Å². The normalized spacial score (nSPS) is 11.4. The Morgan fingerprint density at radius 2 is 1.69 bits per heavy atom. The van der Waals surface area contributed by atoms with Crippen LogP contribution in [0.3, 0.4) is 0 Å². The standard InChI is InChI=1S/C18H19F2NO4S/c1-2-3-12-25-15-8-4-13(5-9-15)17(22)21-14-6-10-16(11-7-14)26(23,24)18(19)20/h4-11,18H,2-3,12H2,1H3,(H,21,22). The largest absolute Gasteiger partial charge is 0.494 e. The molecule has 0 bridgehead atoms. The highest BCUT2D eigenvalue weighted by Crippen LogP contribution is 2.21. The van der Waals surface area contributed by atoms with E-state index in [4.69, 9.17) is 4.74 Å². The first-order valence-electron chi connectivity index (χ1n) is 8.01. The molecule has 0 radical (unpaired) electrons. The Kier molecular flexibility index (Phi) is 6.68. The number of ether oxygens (including phenoxy) is 1. The van der Waals surface area contributed by atoms with Crippen molar-refractivity contribution in [3.63, 3.8) is 0 Å². The second kappa shape index (κ2) is 8.75. The van der Waals surface area contributed by atoms with Gasteiger partial charge in [0, 0.05) is 11.3 Å². The average Bonchev–Trinajstić information content (AvgIpc) is 2.63. The maximum atomic E-state index is 12.5. The third kappa shape index (κ3) is 5.01. The molecule has 2 aromatic carbocycles. The first-order chi connectivity index (χ1) is 12.3. The van der Waals surface area contributed by atoms with Crippen molar-refractivity contribution in [1.82, 2.24) is 0 Å². The Hall–Kier alpha value is -2.48. The van der Waals surface area contributed by atoms with Crippen LogP contribution in [0, 0.1) is 0 Å². The maximum absolute atomic E-state index is 12.5. The van der Waals surface area contributed by atoms with Crippen molar-refractivity contribution in [2.45, 2.75) is 30.4 Å². The number of sulfone groups is 1. The van der Waals surface area contributed by atoms with Gasteiger partial charge in [0.1, 0.15) is 5.75 Å². The Morgan fingerprint density at radius 3 is 2.23 bits per heavy atom. The van der Waals surface area contributed by atoms with Crippen LogP contribution in [0.4, 0.5) is 14.5 Å². The lowest BCUT2D eigenvalue weighted by Crippen LogP contribution is -2.13. The number of nitrogens with one attached hydrogen (secondary N) is 1. The van der Waals surface area contributed by atoms with E-state index in [2.05, 4.69) is 12.2 Å². The first-order valence-corrected chi connectivity index (χ1v) is 9.55. The number of amides is 1. The smallest absolute Gasteiger partial charge is 0.341 e. The van der Waals surface area contributed by atoms with E-state index in [0.717, 1.165) is 25.0 Å². The lowest BCUT2D eigenvalue weighted by atomic mass is 10.2. The fourth-order valence-electron chi connectivity index (χ4n) is 2.07. The summed E-state index contributed by atoms with van der Waals surface area (Å²) in [6, 6.07) is 11.2. The quantitative estimate of drug-likeness (QED) is 0.696. The van der Waals surface area contributed by atoms with Crippen LogP contribution in [0.15, 0.2) is 53.4 Å². The van der Waals surface area contributed by atoms with Crippen molar-refractivity contribution >= 4 is 21.4 Å². The van der Waals surface area contributed by atoms with Crippen molar-refractivity contribution in [3.05, 3.63) is 54.1 Å². The number of hydrogen-bond acceptors (Lipinski definition) is 4. The van der Waals surface area contributed by atoms with E-state index in [1.165, 1.54) is 12.1 Å². The van der Waals surface area contributed by atoms with Crippen molar-refractivity contribution in [2.75, 3.05) is 11.9 Å². The van der Waals surface area contributed by atoms with Crippen LogP contribution in [0.5, 0.6) is 5.75 Å². The summed E-state index contributed by atoms with van der Waals surface area (Å²) in [7, 11) is -4.65.